The second-order valence-electron chi connectivity index (χ2n) is 17.7. The normalized spacial score (nSPS) is 22.1. The average Bonchev–Trinajstić information content (AvgIpc) is 3.29. The monoisotopic (exact) mass is 1010 g/mol. The van der Waals surface area contributed by atoms with Gasteiger partial charge in [0.2, 0.25) is 0 Å². The fourth-order valence-corrected chi connectivity index (χ4v) is 9.05. The fraction of sp³-hybridized carbons (Fsp3) is 0.796. The van der Waals surface area contributed by atoms with E-state index in [1.807, 2.05) is 18.2 Å². The van der Waals surface area contributed by atoms with Gasteiger partial charge in [0.15, 0.2) is 6.10 Å². The molecule has 0 aromatic rings. The van der Waals surface area contributed by atoms with Crippen molar-refractivity contribution in [2.75, 3.05) is 13.2 Å². The van der Waals surface area contributed by atoms with E-state index in [0.717, 1.165) is 38.5 Å². The molecule has 0 aromatic carbocycles. The molecule has 8 N–H and O–H groups in total. The number of carbonyl (C=O) groups excluding carboxylic acids is 2. The van der Waals surface area contributed by atoms with E-state index in [1.165, 1.54) is 96.3 Å². The van der Waals surface area contributed by atoms with Crippen LogP contribution in [0, 0.1) is 0 Å². The molecule has 0 aromatic heterocycles. The molecule has 17 nitrogen and oxygen atoms in total. The van der Waals surface area contributed by atoms with Crippen LogP contribution >= 0.6 is 15.6 Å². The largest absolute Gasteiger partial charge is 0.472 e. The molecule has 9 atom stereocenters. The molecule has 1 fully saturated rings. The minimum absolute atomic E-state index is 0.0135. The molecule has 6 unspecified atom stereocenters. The molecule has 0 radical (unpaired) electrons. The van der Waals surface area contributed by atoms with Gasteiger partial charge in [-0.25, -0.2) is 9.13 Å². The van der Waals surface area contributed by atoms with Gasteiger partial charge in [-0.1, -0.05) is 178 Å². The minimum Gasteiger partial charge on any atom is -0.462 e. The van der Waals surface area contributed by atoms with E-state index in [2.05, 4.69) is 30.5 Å². The van der Waals surface area contributed by atoms with Crippen LogP contribution in [-0.2, 0) is 41.8 Å². The van der Waals surface area contributed by atoms with Crippen molar-refractivity contribution < 1.29 is 82.0 Å². The average molecular weight is 1010 g/mol. The van der Waals surface area contributed by atoms with Crippen molar-refractivity contribution in [3.8, 4) is 0 Å². The fourth-order valence-electron chi connectivity index (χ4n) is 7.51. The third-order valence-corrected chi connectivity index (χ3v) is 13.0. The highest BCUT2D eigenvalue weighted by atomic mass is 31.2. The van der Waals surface area contributed by atoms with Crippen LogP contribution < -0.4 is 0 Å². The van der Waals surface area contributed by atoms with Crippen molar-refractivity contribution in [1.82, 2.24) is 0 Å². The quantitative estimate of drug-likeness (QED) is 0.00931. The Balaban J connectivity index is 2.63. The zero-order valence-electron chi connectivity index (χ0n) is 40.9. The molecule has 1 saturated carbocycles. The number of unbranched alkanes of at least 4 members (excludes halogenated alkanes) is 20. The summed E-state index contributed by atoms with van der Waals surface area (Å²) in [5.41, 5.74) is 0. The third kappa shape index (κ3) is 33.5. The predicted molar refractivity (Wildman–Crippen MR) is 261 cm³/mol. The zero-order chi connectivity index (χ0) is 50.5. The Morgan fingerprint density at radius 2 is 1.04 bits per heavy atom. The van der Waals surface area contributed by atoms with Gasteiger partial charge in [-0.15, -0.1) is 0 Å². The first-order chi connectivity index (χ1) is 32.5. The Morgan fingerprint density at radius 1 is 0.544 bits per heavy atom. The van der Waals surface area contributed by atoms with Crippen LogP contribution in [0.15, 0.2) is 48.6 Å². The molecule has 0 heterocycles. The highest BCUT2D eigenvalue weighted by Crippen LogP contribution is 2.49. The first-order valence-electron chi connectivity index (χ1n) is 25.3. The summed E-state index contributed by atoms with van der Waals surface area (Å²) < 4.78 is 49.3. The molecule has 0 saturated heterocycles. The molecule has 1 rings (SSSR count). The van der Waals surface area contributed by atoms with E-state index in [0.29, 0.717) is 25.7 Å². The number of phosphoric acid groups is 2. The maximum atomic E-state index is 13.0. The molecule has 0 bridgehead atoms. The summed E-state index contributed by atoms with van der Waals surface area (Å²) in [6.07, 6.45) is 26.5. The van der Waals surface area contributed by atoms with Crippen LogP contribution in [0.25, 0.3) is 0 Å². The van der Waals surface area contributed by atoms with E-state index in [1.54, 1.807) is 18.2 Å². The molecule has 68 heavy (non-hydrogen) atoms. The maximum Gasteiger partial charge on any atom is 0.472 e. The summed E-state index contributed by atoms with van der Waals surface area (Å²) in [6, 6.07) is 0. The Hall–Kier alpha value is -2.08. The summed E-state index contributed by atoms with van der Waals surface area (Å²) in [6.45, 7) is 2.98. The van der Waals surface area contributed by atoms with Crippen LogP contribution in [0.1, 0.15) is 187 Å². The lowest BCUT2D eigenvalue weighted by Gasteiger charge is -2.43. The van der Waals surface area contributed by atoms with Gasteiger partial charge < -0.3 is 49.7 Å². The van der Waals surface area contributed by atoms with E-state index in [4.69, 9.17) is 18.5 Å². The standard InChI is InChI=1S/C49H88O17P2/c1-3-5-7-9-11-13-14-15-16-17-18-19-20-22-24-28-33-37-43(52)64-41(39-63-68(60,61)66-49-46(55)44(53)45(54)48(47(49)56)65-67(57,58)59)38-62-42(51)36-32-29-25-27-31-35-40(50)34-30-26-23-21-12-10-8-6-4-2/h12,21,25-27,30-31,35,40-41,44-50,53-56H,3-11,13-20,22-24,28-29,32-34,36-39H2,1-2H3,(H,60,61)(H2,57,58,59)/b21-12-,27-25+,30-26-,35-31-/t40?,41-,44?,45?,46?,47?,48-,49+/m1/s1. The summed E-state index contributed by atoms with van der Waals surface area (Å²) in [4.78, 5) is 54.3. The van der Waals surface area contributed by atoms with Crippen LogP contribution in [-0.4, -0.2) is 114 Å². The van der Waals surface area contributed by atoms with Crippen molar-refractivity contribution in [3.05, 3.63) is 48.6 Å². The third-order valence-electron chi connectivity index (χ3n) is 11.5. The highest BCUT2D eigenvalue weighted by Gasteiger charge is 2.54. The highest BCUT2D eigenvalue weighted by molar-refractivity contribution is 7.47. The molecule has 0 aliphatic heterocycles. The second kappa shape index (κ2) is 39.5. The molecule has 0 amide bonds. The smallest absolute Gasteiger partial charge is 0.462 e. The number of aliphatic hydroxyl groups excluding tert-OH is 5. The van der Waals surface area contributed by atoms with E-state index in [9.17, 15) is 58.9 Å². The van der Waals surface area contributed by atoms with Gasteiger partial charge in [-0.2, -0.15) is 0 Å². The van der Waals surface area contributed by atoms with Crippen LogP contribution in [0.4, 0.5) is 0 Å². The maximum absolute atomic E-state index is 13.0. The van der Waals surface area contributed by atoms with E-state index >= 15 is 0 Å². The first-order valence-corrected chi connectivity index (χ1v) is 28.3. The zero-order valence-corrected chi connectivity index (χ0v) is 42.7. The van der Waals surface area contributed by atoms with Crippen LogP contribution in [0.5, 0.6) is 0 Å². The van der Waals surface area contributed by atoms with Gasteiger partial charge in [-0.3, -0.25) is 23.2 Å². The topological polar surface area (TPSA) is 276 Å². The summed E-state index contributed by atoms with van der Waals surface area (Å²) >= 11 is 0. The first kappa shape index (κ1) is 63.9. The van der Waals surface area contributed by atoms with Crippen molar-refractivity contribution in [2.24, 2.45) is 0 Å². The van der Waals surface area contributed by atoms with E-state index in [-0.39, 0.29) is 12.8 Å². The molecule has 1 aliphatic rings. The number of carbonyl (C=O) groups is 2. The van der Waals surface area contributed by atoms with E-state index < -0.39 is 89.6 Å². The van der Waals surface area contributed by atoms with Gasteiger partial charge in [-0.05, 0) is 44.9 Å². The van der Waals surface area contributed by atoms with Crippen LogP contribution in [0.3, 0.4) is 0 Å². The number of ether oxygens (including phenoxy) is 2. The summed E-state index contributed by atoms with van der Waals surface area (Å²) in [7, 11) is -10.7. The van der Waals surface area contributed by atoms with Gasteiger partial charge >= 0.3 is 27.6 Å². The van der Waals surface area contributed by atoms with Crippen molar-refractivity contribution in [1.29, 1.82) is 0 Å². The molecular formula is C49H88O17P2. The molecule has 396 valence electrons. The lowest BCUT2D eigenvalue weighted by molar-refractivity contribution is -0.216. The lowest BCUT2D eigenvalue weighted by Crippen LogP contribution is -2.64. The molecule has 19 heteroatoms. The number of rotatable bonds is 42. The number of phosphoric ester groups is 2. The second-order valence-corrected chi connectivity index (χ2v) is 20.3. The lowest BCUT2D eigenvalue weighted by atomic mass is 9.85. The van der Waals surface area contributed by atoms with Gasteiger partial charge in [0.25, 0.3) is 0 Å². The van der Waals surface area contributed by atoms with Gasteiger partial charge in [0.1, 0.15) is 43.2 Å². The number of aliphatic hydroxyl groups is 5. The van der Waals surface area contributed by atoms with Crippen molar-refractivity contribution in [3.63, 3.8) is 0 Å². The Labute approximate surface area is 406 Å². The Morgan fingerprint density at radius 3 is 1.62 bits per heavy atom. The number of hydrogen-bond acceptors (Lipinski definition) is 14. The van der Waals surface area contributed by atoms with Crippen LogP contribution in [0.2, 0.25) is 0 Å². The SMILES string of the molecule is CCCCC/C=C\C/C=C\CC(O)/C=C\C=C\CCCC(=O)OC[C@H](COP(=O)(O)O[C@H]1C(O)C(O)C(O)[C@@H](OP(=O)(O)O)C1O)OC(=O)CCCCCCCCCCCCCCCCCCC. The van der Waals surface area contributed by atoms with Gasteiger partial charge in [0.05, 0.1) is 12.7 Å². The summed E-state index contributed by atoms with van der Waals surface area (Å²) in [5, 5.41) is 51.4. The Bertz CT molecular complexity index is 1520. The predicted octanol–water partition coefficient (Wildman–Crippen LogP) is 9.04. The van der Waals surface area contributed by atoms with Gasteiger partial charge in [0, 0.05) is 12.8 Å². The number of esters is 2. The summed E-state index contributed by atoms with van der Waals surface area (Å²) in [5.74, 6) is -1.33. The van der Waals surface area contributed by atoms with Crippen molar-refractivity contribution >= 4 is 27.6 Å². The molecular weight excluding hydrogens is 922 g/mol. The Kier molecular flexibility index (Phi) is 37.2. The number of hydrogen-bond donors (Lipinski definition) is 8. The minimum atomic E-state index is -5.38. The molecule has 0 spiro atoms. The number of allylic oxidation sites excluding steroid dienone is 6. The van der Waals surface area contributed by atoms with Crippen molar-refractivity contribution in [2.45, 2.75) is 236 Å². The molecule has 1 aliphatic carbocycles.